The van der Waals surface area contributed by atoms with Crippen LogP contribution >= 0.6 is 0 Å². The van der Waals surface area contributed by atoms with Gasteiger partial charge in [-0.2, -0.15) is 0 Å². The lowest BCUT2D eigenvalue weighted by molar-refractivity contribution is 0.414. The van der Waals surface area contributed by atoms with Crippen LogP contribution < -0.4 is 10.4 Å². The third kappa shape index (κ3) is 2.19. The molecule has 0 spiro atoms. The summed E-state index contributed by atoms with van der Waals surface area (Å²) in [6, 6.07) is 15.3. The minimum atomic E-state index is -0.367. The highest BCUT2D eigenvalue weighted by Crippen LogP contribution is 2.31. The van der Waals surface area contributed by atoms with Gasteiger partial charge in [-0.3, -0.25) is 0 Å². The summed E-state index contributed by atoms with van der Waals surface area (Å²) >= 11 is 0. The number of nitrogens with zero attached hydrogens (tertiary/aromatic N) is 1. The molecule has 0 aliphatic rings. The van der Waals surface area contributed by atoms with Crippen molar-refractivity contribution in [2.75, 3.05) is 7.11 Å². The molecule has 4 nitrogen and oxygen atoms in total. The van der Waals surface area contributed by atoms with E-state index in [0.717, 1.165) is 27.4 Å². The number of aromatic nitrogens is 1. The Morgan fingerprint density at radius 1 is 1.04 bits per heavy atom. The van der Waals surface area contributed by atoms with Gasteiger partial charge in [0, 0.05) is 41.7 Å². The molecular weight excluding hydrogens is 290 g/mol. The second kappa shape index (κ2) is 5.02. The van der Waals surface area contributed by atoms with Crippen LogP contribution in [0.5, 0.6) is 5.75 Å². The molecule has 0 unspecified atom stereocenters. The molecule has 2 aromatic heterocycles. The summed E-state index contributed by atoms with van der Waals surface area (Å²) in [5.74, 6) is 0.663. The summed E-state index contributed by atoms with van der Waals surface area (Å²) < 4.78 is 12.6. The minimum absolute atomic E-state index is 0.367. The third-order valence-electron chi connectivity index (χ3n) is 4.15. The van der Waals surface area contributed by atoms with E-state index in [1.54, 1.807) is 19.2 Å². The Hall–Kier alpha value is -3.01. The van der Waals surface area contributed by atoms with E-state index in [4.69, 9.17) is 9.15 Å². The molecule has 4 rings (SSSR count). The van der Waals surface area contributed by atoms with Gasteiger partial charge in [-0.15, -0.1) is 0 Å². The molecule has 0 atom stereocenters. The average Bonchev–Trinajstić information content (AvgIpc) is 2.94. The van der Waals surface area contributed by atoms with Gasteiger partial charge in [0.15, 0.2) is 0 Å². The number of hydrogen-bond acceptors (Lipinski definition) is 3. The first-order valence-corrected chi connectivity index (χ1v) is 7.33. The maximum absolute atomic E-state index is 11.9. The monoisotopic (exact) mass is 305 g/mol. The van der Waals surface area contributed by atoms with Crippen LogP contribution in [0.4, 0.5) is 0 Å². The lowest BCUT2D eigenvalue weighted by atomic mass is 10.0. The van der Waals surface area contributed by atoms with Crippen molar-refractivity contribution in [3.8, 4) is 16.9 Å². The Morgan fingerprint density at radius 3 is 2.74 bits per heavy atom. The number of methoxy groups -OCH3 is 1. The SMILES string of the molecule is COc1ccc2c(-c3ccc4c(ccn4C)c3)cc(=O)oc2c1. The number of ether oxygens (including phenoxy) is 1. The van der Waals surface area contributed by atoms with Crippen molar-refractivity contribution in [1.82, 2.24) is 4.57 Å². The van der Waals surface area contributed by atoms with E-state index in [1.807, 2.05) is 31.4 Å². The molecule has 4 aromatic rings. The van der Waals surface area contributed by atoms with Crippen molar-refractivity contribution in [2.24, 2.45) is 7.05 Å². The molecule has 0 N–H and O–H groups in total. The van der Waals surface area contributed by atoms with E-state index in [9.17, 15) is 4.79 Å². The molecule has 0 aliphatic heterocycles. The topological polar surface area (TPSA) is 44.4 Å². The zero-order chi connectivity index (χ0) is 16.0. The lowest BCUT2D eigenvalue weighted by Gasteiger charge is -2.08. The fourth-order valence-electron chi connectivity index (χ4n) is 2.96. The fraction of sp³-hybridized carbons (Fsp3) is 0.105. The van der Waals surface area contributed by atoms with Crippen molar-refractivity contribution in [3.63, 3.8) is 0 Å². The highest BCUT2D eigenvalue weighted by molar-refractivity contribution is 5.96. The number of rotatable bonds is 2. The van der Waals surface area contributed by atoms with Crippen molar-refractivity contribution in [2.45, 2.75) is 0 Å². The van der Waals surface area contributed by atoms with E-state index in [-0.39, 0.29) is 5.63 Å². The summed E-state index contributed by atoms with van der Waals surface area (Å²) in [5.41, 5.74) is 3.17. The molecule has 0 saturated heterocycles. The smallest absolute Gasteiger partial charge is 0.336 e. The molecule has 0 fully saturated rings. The van der Waals surface area contributed by atoms with Gasteiger partial charge in [-0.05, 0) is 41.5 Å². The molecule has 0 aliphatic carbocycles. The molecule has 23 heavy (non-hydrogen) atoms. The van der Waals surface area contributed by atoms with Crippen LogP contribution in [0, 0.1) is 0 Å². The zero-order valence-electron chi connectivity index (χ0n) is 12.9. The summed E-state index contributed by atoms with van der Waals surface area (Å²) in [6.07, 6.45) is 2.02. The molecule has 0 amide bonds. The van der Waals surface area contributed by atoms with E-state index in [0.29, 0.717) is 11.3 Å². The van der Waals surface area contributed by atoms with Crippen molar-refractivity contribution < 1.29 is 9.15 Å². The molecular formula is C19H15NO3. The highest BCUT2D eigenvalue weighted by Gasteiger charge is 2.10. The van der Waals surface area contributed by atoms with Gasteiger partial charge in [0.2, 0.25) is 0 Å². The maximum atomic E-state index is 11.9. The Kier molecular flexibility index (Phi) is 2.98. The van der Waals surface area contributed by atoms with E-state index >= 15 is 0 Å². The second-order valence-corrected chi connectivity index (χ2v) is 5.54. The number of fused-ring (bicyclic) bond motifs is 2. The van der Waals surface area contributed by atoms with Gasteiger partial charge in [-0.25, -0.2) is 4.79 Å². The largest absolute Gasteiger partial charge is 0.497 e. The molecule has 114 valence electrons. The van der Waals surface area contributed by atoms with Gasteiger partial charge in [-0.1, -0.05) is 6.07 Å². The molecule has 0 bridgehead atoms. The Bertz CT molecular complexity index is 1090. The first kappa shape index (κ1) is 13.6. The van der Waals surface area contributed by atoms with E-state index in [1.165, 1.54) is 0 Å². The Labute approximate surface area is 132 Å². The van der Waals surface area contributed by atoms with Gasteiger partial charge in [0.1, 0.15) is 11.3 Å². The summed E-state index contributed by atoms with van der Waals surface area (Å²) in [4.78, 5) is 11.9. The average molecular weight is 305 g/mol. The normalized spacial score (nSPS) is 11.2. The van der Waals surface area contributed by atoms with Crippen LogP contribution in [0.2, 0.25) is 0 Å². The standard InChI is InChI=1S/C19H15NO3/c1-20-8-7-13-9-12(3-6-17(13)20)16-11-19(21)23-18-10-14(22-2)4-5-15(16)18/h3-11H,1-2H3. The van der Waals surface area contributed by atoms with Crippen LogP contribution in [0.3, 0.4) is 0 Å². The number of aryl methyl sites for hydroxylation is 1. The predicted molar refractivity (Wildman–Crippen MR) is 90.9 cm³/mol. The van der Waals surface area contributed by atoms with Gasteiger partial charge < -0.3 is 13.7 Å². The molecule has 2 aromatic carbocycles. The molecule has 0 saturated carbocycles. The van der Waals surface area contributed by atoms with Crippen LogP contribution in [0.1, 0.15) is 0 Å². The molecule has 2 heterocycles. The van der Waals surface area contributed by atoms with Crippen LogP contribution in [0.15, 0.2) is 63.9 Å². The Balaban J connectivity index is 2.00. The lowest BCUT2D eigenvalue weighted by Crippen LogP contribution is -1.98. The van der Waals surface area contributed by atoms with Gasteiger partial charge in [0.05, 0.1) is 7.11 Å². The number of hydrogen-bond donors (Lipinski definition) is 0. The van der Waals surface area contributed by atoms with Crippen LogP contribution in [-0.2, 0) is 7.05 Å². The zero-order valence-corrected chi connectivity index (χ0v) is 12.9. The van der Waals surface area contributed by atoms with Crippen molar-refractivity contribution in [1.29, 1.82) is 0 Å². The third-order valence-corrected chi connectivity index (χ3v) is 4.15. The molecule has 0 radical (unpaired) electrons. The maximum Gasteiger partial charge on any atom is 0.336 e. The summed E-state index contributed by atoms with van der Waals surface area (Å²) in [7, 11) is 3.60. The van der Waals surface area contributed by atoms with Gasteiger partial charge >= 0.3 is 5.63 Å². The van der Waals surface area contributed by atoms with Crippen molar-refractivity contribution in [3.05, 3.63) is 65.1 Å². The van der Waals surface area contributed by atoms with Crippen LogP contribution in [0.25, 0.3) is 33.0 Å². The first-order chi connectivity index (χ1) is 11.2. The quantitative estimate of drug-likeness (QED) is 0.527. The summed E-state index contributed by atoms with van der Waals surface area (Å²) in [5, 5.41) is 2.03. The van der Waals surface area contributed by atoms with Crippen LogP contribution in [-0.4, -0.2) is 11.7 Å². The predicted octanol–water partition coefficient (Wildman–Crippen LogP) is 3.96. The van der Waals surface area contributed by atoms with Crippen molar-refractivity contribution >= 4 is 21.9 Å². The first-order valence-electron chi connectivity index (χ1n) is 7.33. The Morgan fingerprint density at radius 2 is 1.91 bits per heavy atom. The second-order valence-electron chi connectivity index (χ2n) is 5.54. The summed E-state index contributed by atoms with van der Waals surface area (Å²) in [6.45, 7) is 0. The van der Waals surface area contributed by atoms with E-state index < -0.39 is 0 Å². The fourth-order valence-corrected chi connectivity index (χ4v) is 2.96. The highest BCUT2D eigenvalue weighted by atomic mass is 16.5. The minimum Gasteiger partial charge on any atom is -0.497 e. The van der Waals surface area contributed by atoms with Gasteiger partial charge in [0.25, 0.3) is 0 Å². The molecule has 4 heteroatoms. The number of benzene rings is 2. The van der Waals surface area contributed by atoms with E-state index in [2.05, 4.69) is 22.8 Å².